The second-order valence-corrected chi connectivity index (χ2v) is 8.62. The molecule has 2 aromatic heterocycles. The lowest BCUT2D eigenvalue weighted by molar-refractivity contribution is -0.134. The minimum absolute atomic E-state index is 0.0254. The highest BCUT2D eigenvalue weighted by Crippen LogP contribution is 2.27. The van der Waals surface area contributed by atoms with Crippen molar-refractivity contribution in [1.29, 1.82) is 0 Å². The highest BCUT2D eigenvalue weighted by Gasteiger charge is 2.29. The van der Waals surface area contributed by atoms with Crippen LogP contribution in [0.15, 0.2) is 30.6 Å². The molecule has 0 spiro atoms. The summed E-state index contributed by atoms with van der Waals surface area (Å²) in [5.41, 5.74) is 1.67. The predicted molar refractivity (Wildman–Crippen MR) is 120 cm³/mol. The van der Waals surface area contributed by atoms with Crippen LogP contribution in [0.4, 0.5) is 5.82 Å². The predicted octanol–water partition coefficient (Wildman–Crippen LogP) is 2.68. The fraction of sp³-hybridized carbons (Fsp3) is 0.522. The van der Waals surface area contributed by atoms with Crippen molar-refractivity contribution in [3.63, 3.8) is 0 Å². The maximum Gasteiger partial charge on any atom is 0.223 e. The van der Waals surface area contributed by atoms with E-state index in [4.69, 9.17) is 4.98 Å². The van der Waals surface area contributed by atoms with Gasteiger partial charge in [0, 0.05) is 64.1 Å². The van der Waals surface area contributed by atoms with Gasteiger partial charge in [-0.25, -0.2) is 9.97 Å². The molecule has 1 N–H and O–H groups in total. The number of amides is 2. The number of carbonyl (C=O) groups is 2. The summed E-state index contributed by atoms with van der Waals surface area (Å²) in [5, 5.41) is 3.23. The van der Waals surface area contributed by atoms with E-state index in [-0.39, 0.29) is 29.7 Å². The van der Waals surface area contributed by atoms with Gasteiger partial charge in [0.15, 0.2) is 5.82 Å². The Morgan fingerprint density at radius 1 is 1.13 bits per heavy atom. The summed E-state index contributed by atoms with van der Waals surface area (Å²) in [6.07, 6.45) is 4.81. The number of rotatable bonds is 6. The van der Waals surface area contributed by atoms with Crippen LogP contribution in [-0.4, -0.2) is 58.9 Å². The number of hydrogen-bond donors (Lipinski definition) is 1. The van der Waals surface area contributed by atoms with E-state index in [0.717, 1.165) is 17.1 Å². The Morgan fingerprint density at radius 3 is 2.32 bits per heavy atom. The van der Waals surface area contributed by atoms with Gasteiger partial charge >= 0.3 is 0 Å². The fourth-order valence-electron chi connectivity index (χ4n) is 3.78. The van der Waals surface area contributed by atoms with Crippen molar-refractivity contribution < 1.29 is 9.59 Å². The molecule has 0 radical (unpaired) electrons. The molecule has 8 heteroatoms. The van der Waals surface area contributed by atoms with Gasteiger partial charge < -0.3 is 15.1 Å². The normalized spacial score (nSPS) is 15.6. The van der Waals surface area contributed by atoms with Crippen LogP contribution in [0.5, 0.6) is 0 Å². The van der Waals surface area contributed by atoms with Gasteiger partial charge in [0.2, 0.25) is 11.8 Å². The Labute approximate surface area is 184 Å². The third kappa shape index (κ3) is 5.57. The van der Waals surface area contributed by atoms with E-state index in [9.17, 15) is 9.59 Å². The van der Waals surface area contributed by atoms with Gasteiger partial charge in [-0.15, -0.1) is 0 Å². The second-order valence-electron chi connectivity index (χ2n) is 8.62. The number of nitrogens with zero attached hydrogens (tertiary/aromatic N) is 5. The standard InChI is InChI=1S/C23H32N6O2/c1-15(2)21(27-23(31)18-8-12-29(13-9-18)16(3)30)19-14-20(28(4)5)26-22(25-19)17-6-10-24-11-7-17/h6-7,10-11,14-15,18,21H,8-9,12-13H2,1-5H3,(H,27,31)/t21-/m1/s1. The molecule has 2 aromatic rings. The first kappa shape index (κ1) is 22.7. The molecule has 3 heterocycles. The molecule has 0 saturated carbocycles. The maximum absolute atomic E-state index is 13.1. The average Bonchev–Trinajstić information content (AvgIpc) is 2.77. The molecule has 0 aromatic carbocycles. The van der Waals surface area contributed by atoms with Crippen molar-refractivity contribution in [2.45, 2.75) is 39.7 Å². The summed E-state index contributed by atoms with van der Waals surface area (Å²) < 4.78 is 0. The number of aromatic nitrogens is 3. The summed E-state index contributed by atoms with van der Waals surface area (Å²) in [5.74, 6) is 1.55. The maximum atomic E-state index is 13.1. The highest BCUT2D eigenvalue weighted by molar-refractivity contribution is 5.80. The molecule has 1 saturated heterocycles. The Morgan fingerprint density at radius 2 is 1.77 bits per heavy atom. The van der Waals surface area contributed by atoms with Crippen molar-refractivity contribution in [3.8, 4) is 11.4 Å². The van der Waals surface area contributed by atoms with Crippen LogP contribution in [0.25, 0.3) is 11.4 Å². The van der Waals surface area contributed by atoms with E-state index in [1.807, 2.05) is 37.2 Å². The van der Waals surface area contributed by atoms with Crippen LogP contribution in [0.2, 0.25) is 0 Å². The summed E-state index contributed by atoms with van der Waals surface area (Å²) in [4.78, 5) is 41.9. The molecule has 166 valence electrons. The van der Waals surface area contributed by atoms with Crippen LogP contribution in [0, 0.1) is 11.8 Å². The van der Waals surface area contributed by atoms with Crippen LogP contribution < -0.4 is 10.2 Å². The van der Waals surface area contributed by atoms with Gasteiger partial charge in [-0.05, 0) is 30.9 Å². The zero-order valence-corrected chi connectivity index (χ0v) is 19.0. The third-order valence-corrected chi connectivity index (χ3v) is 5.72. The number of pyridine rings is 1. The molecule has 8 nitrogen and oxygen atoms in total. The first-order valence-electron chi connectivity index (χ1n) is 10.8. The number of hydrogen-bond acceptors (Lipinski definition) is 6. The lowest BCUT2D eigenvalue weighted by Gasteiger charge is -2.32. The topological polar surface area (TPSA) is 91.3 Å². The molecule has 1 atom stereocenters. The zero-order valence-electron chi connectivity index (χ0n) is 19.0. The third-order valence-electron chi connectivity index (χ3n) is 5.72. The summed E-state index contributed by atoms with van der Waals surface area (Å²) in [7, 11) is 3.88. The van der Waals surface area contributed by atoms with E-state index >= 15 is 0 Å². The minimum Gasteiger partial charge on any atom is -0.363 e. The number of piperidine rings is 1. The average molecular weight is 425 g/mol. The van der Waals surface area contributed by atoms with Gasteiger partial charge in [0.1, 0.15) is 5.82 Å². The van der Waals surface area contributed by atoms with Crippen molar-refractivity contribution >= 4 is 17.6 Å². The highest BCUT2D eigenvalue weighted by atomic mass is 16.2. The Balaban J connectivity index is 1.84. The minimum atomic E-state index is -0.236. The molecule has 1 aliphatic heterocycles. The summed E-state index contributed by atoms with van der Waals surface area (Å²) in [6.45, 7) is 6.99. The van der Waals surface area contributed by atoms with E-state index in [1.54, 1.807) is 24.2 Å². The molecule has 0 aliphatic carbocycles. The Hall–Kier alpha value is -3.03. The molecule has 0 bridgehead atoms. The van der Waals surface area contributed by atoms with Gasteiger partial charge in [-0.3, -0.25) is 14.6 Å². The monoisotopic (exact) mass is 424 g/mol. The Kier molecular flexibility index (Phi) is 7.20. The molecule has 0 unspecified atom stereocenters. The van der Waals surface area contributed by atoms with Gasteiger partial charge in [-0.1, -0.05) is 13.8 Å². The quantitative estimate of drug-likeness (QED) is 0.767. The van der Waals surface area contributed by atoms with E-state index < -0.39 is 0 Å². The first-order chi connectivity index (χ1) is 14.8. The fourth-order valence-corrected chi connectivity index (χ4v) is 3.78. The SMILES string of the molecule is CC(=O)N1CCC(C(=O)N[C@@H](c2cc(N(C)C)nc(-c3ccncc3)n2)C(C)C)CC1. The van der Waals surface area contributed by atoms with Gasteiger partial charge in [0.05, 0.1) is 11.7 Å². The van der Waals surface area contributed by atoms with Crippen molar-refractivity contribution in [3.05, 3.63) is 36.3 Å². The molecular weight excluding hydrogens is 392 g/mol. The van der Waals surface area contributed by atoms with Gasteiger partial charge in [0.25, 0.3) is 0 Å². The number of nitrogens with one attached hydrogen (secondary N) is 1. The van der Waals surface area contributed by atoms with E-state index in [1.165, 1.54) is 0 Å². The molecule has 1 fully saturated rings. The first-order valence-corrected chi connectivity index (χ1v) is 10.8. The van der Waals surface area contributed by atoms with Crippen molar-refractivity contribution in [1.82, 2.24) is 25.2 Å². The lowest BCUT2D eigenvalue weighted by atomic mass is 9.93. The van der Waals surface area contributed by atoms with Crippen molar-refractivity contribution in [2.75, 3.05) is 32.1 Å². The van der Waals surface area contributed by atoms with Crippen LogP contribution in [0.3, 0.4) is 0 Å². The number of anilines is 1. The summed E-state index contributed by atoms with van der Waals surface area (Å²) >= 11 is 0. The number of carbonyl (C=O) groups excluding carboxylic acids is 2. The lowest BCUT2D eigenvalue weighted by Crippen LogP contribution is -2.43. The molecule has 31 heavy (non-hydrogen) atoms. The van der Waals surface area contributed by atoms with Crippen LogP contribution in [-0.2, 0) is 9.59 Å². The van der Waals surface area contributed by atoms with E-state index in [2.05, 4.69) is 29.1 Å². The van der Waals surface area contributed by atoms with Gasteiger partial charge in [-0.2, -0.15) is 0 Å². The smallest absolute Gasteiger partial charge is 0.223 e. The Bertz CT molecular complexity index is 908. The molecule has 1 aliphatic rings. The molecular formula is C23H32N6O2. The summed E-state index contributed by atoms with van der Waals surface area (Å²) in [6, 6.07) is 5.46. The second kappa shape index (κ2) is 9.85. The van der Waals surface area contributed by atoms with Crippen molar-refractivity contribution in [2.24, 2.45) is 11.8 Å². The van der Waals surface area contributed by atoms with Crippen LogP contribution >= 0.6 is 0 Å². The van der Waals surface area contributed by atoms with E-state index in [0.29, 0.717) is 31.8 Å². The molecule has 3 rings (SSSR count). The number of likely N-dealkylation sites (tertiary alicyclic amines) is 1. The van der Waals surface area contributed by atoms with Crippen LogP contribution in [0.1, 0.15) is 45.3 Å². The largest absolute Gasteiger partial charge is 0.363 e. The molecule has 2 amide bonds. The zero-order chi connectivity index (χ0) is 22.5.